The average Bonchev–Trinajstić information content (AvgIpc) is 2.97. The van der Waals surface area contributed by atoms with Crippen LogP contribution in [0.5, 0.6) is 0 Å². The third-order valence-corrected chi connectivity index (χ3v) is 4.32. The van der Waals surface area contributed by atoms with E-state index in [1.165, 1.54) is 36.2 Å². The second kappa shape index (κ2) is 6.88. The van der Waals surface area contributed by atoms with Gasteiger partial charge in [0.15, 0.2) is 0 Å². The van der Waals surface area contributed by atoms with Crippen molar-refractivity contribution < 1.29 is 0 Å². The van der Waals surface area contributed by atoms with Gasteiger partial charge in [0, 0.05) is 19.6 Å². The average molecular weight is 280 g/mol. The van der Waals surface area contributed by atoms with Crippen LogP contribution in [0.1, 0.15) is 29.0 Å². The molecule has 1 N–H and O–H groups in total. The van der Waals surface area contributed by atoms with Crippen molar-refractivity contribution in [3.63, 3.8) is 0 Å². The number of hydrogen-bond acceptors (Lipinski definition) is 2. The van der Waals surface area contributed by atoms with E-state index in [-0.39, 0.29) is 0 Å². The summed E-state index contributed by atoms with van der Waals surface area (Å²) in [5, 5.41) is 3.22. The zero-order chi connectivity index (χ0) is 14.5. The van der Waals surface area contributed by atoms with E-state index in [1.54, 1.807) is 0 Å². The maximum absolute atomic E-state index is 3.22. The van der Waals surface area contributed by atoms with E-state index in [9.17, 15) is 0 Å². The van der Waals surface area contributed by atoms with Gasteiger partial charge in [-0.25, -0.2) is 0 Å². The van der Waals surface area contributed by atoms with Gasteiger partial charge in [-0.1, -0.05) is 54.6 Å². The van der Waals surface area contributed by atoms with E-state index in [0.717, 1.165) is 13.1 Å². The van der Waals surface area contributed by atoms with Crippen molar-refractivity contribution in [3.8, 4) is 0 Å². The third kappa shape index (κ3) is 3.72. The van der Waals surface area contributed by atoms with E-state index in [2.05, 4.69) is 64.8 Å². The van der Waals surface area contributed by atoms with Crippen LogP contribution in [0.25, 0.3) is 0 Å². The van der Waals surface area contributed by atoms with Crippen LogP contribution < -0.4 is 5.32 Å². The first kappa shape index (κ1) is 14.3. The lowest BCUT2D eigenvalue weighted by Gasteiger charge is -2.17. The molecule has 0 aromatic heterocycles. The monoisotopic (exact) mass is 280 g/mol. The topological polar surface area (TPSA) is 15.3 Å². The van der Waals surface area contributed by atoms with Crippen LogP contribution in [0.4, 0.5) is 0 Å². The molecule has 1 heterocycles. The molecule has 110 valence electrons. The molecule has 0 radical (unpaired) electrons. The lowest BCUT2D eigenvalue weighted by molar-refractivity contribution is 0.327. The fourth-order valence-corrected chi connectivity index (χ4v) is 3.27. The van der Waals surface area contributed by atoms with Crippen LogP contribution in [0, 0.1) is 0 Å². The Hall–Kier alpha value is -1.64. The number of nitrogens with zero attached hydrogens (tertiary/aromatic N) is 1. The second-order valence-electron chi connectivity index (χ2n) is 5.98. The molecule has 2 aromatic carbocycles. The van der Waals surface area contributed by atoms with Gasteiger partial charge < -0.3 is 5.32 Å². The standard InChI is InChI=1S/C19H24N2/c1-20-13-16-6-5-7-17(12-16)14-21-11-10-19(15-21)18-8-3-2-4-9-18/h2-9,12,19-20H,10-11,13-15H2,1H3. The highest BCUT2D eigenvalue weighted by molar-refractivity contribution is 5.24. The van der Waals surface area contributed by atoms with Gasteiger partial charge in [-0.3, -0.25) is 4.90 Å². The highest BCUT2D eigenvalue weighted by atomic mass is 15.1. The van der Waals surface area contributed by atoms with Gasteiger partial charge >= 0.3 is 0 Å². The molecule has 0 saturated carbocycles. The second-order valence-corrected chi connectivity index (χ2v) is 5.98. The highest BCUT2D eigenvalue weighted by Crippen LogP contribution is 2.27. The Morgan fingerprint density at radius 2 is 1.86 bits per heavy atom. The van der Waals surface area contributed by atoms with E-state index < -0.39 is 0 Å². The third-order valence-electron chi connectivity index (χ3n) is 4.32. The van der Waals surface area contributed by atoms with Crippen molar-refractivity contribution in [3.05, 3.63) is 71.3 Å². The highest BCUT2D eigenvalue weighted by Gasteiger charge is 2.23. The molecule has 3 rings (SSSR count). The number of hydrogen-bond donors (Lipinski definition) is 1. The summed E-state index contributed by atoms with van der Waals surface area (Å²) >= 11 is 0. The molecule has 1 unspecified atom stereocenters. The molecule has 1 aliphatic heterocycles. The molecular formula is C19H24N2. The minimum atomic E-state index is 0.701. The van der Waals surface area contributed by atoms with E-state index in [4.69, 9.17) is 0 Å². The summed E-state index contributed by atoms with van der Waals surface area (Å²) in [6.07, 6.45) is 1.28. The lowest BCUT2D eigenvalue weighted by atomic mass is 9.99. The fourth-order valence-electron chi connectivity index (χ4n) is 3.27. The van der Waals surface area contributed by atoms with Crippen LogP contribution >= 0.6 is 0 Å². The van der Waals surface area contributed by atoms with Gasteiger partial charge in [0.2, 0.25) is 0 Å². The Labute approximate surface area is 127 Å². The maximum atomic E-state index is 3.22. The molecule has 1 fully saturated rings. The molecule has 0 spiro atoms. The van der Waals surface area contributed by atoms with Crippen LogP contribution in [-0.4, -0.2) is 25.0 Å². The van der Waals surface area contributed by atoms with Crippen LogP contribution in [0.3, 0.4) is 0 Å². The Morgan fingerprint density at radius 3 is 2.67 bits per heavy atom. The van der Waals surface area contributed by atoms with Crippen LogP contribution in [-0.2, 0) is 13.1 Å². The van der Waals surface area contributed by atoms with Crippen LogP contribution in [0.15, 0.2) is 54.6 Å². The summed E-state index contributed by atoms with van der Waals surface area (Å²) in [7, 11) is 2.00. The van der Waals surface area contributed by atoms with Crippen molar-refractivity contribution in [1.29, 1.82) is 0 Å². The minimum absolute atomic E-state index is 0.701. The normalized spacial score (nSPS) is 19.0. The first-order valence-electron chi connectivity index (χ1n) is 7.85. The Morgan fingerprint density at radius 1 is 1.05 bits per heavy atom. The predicted octanol–water partition coefficient (Wildman–Crippen LogP) is 3.40. The van der Waals surface area contributed by atoms with Crippen molar-refractivity contribution in [1.82, 2.24) is 10.2 Å². The summed E-state index contributed by atoms with van der Waals surface area (Å²) < 4.78 is 0. The molecule has 21 heavy (non-hydrogen) atoms. The summed E-state index contributed by atoms with van der Waals surface area (Å²) in [6.45, 7) is 4.40. The van der Waals surface area contributed by atoms with Gasteiger partial charge in [0.25, 0.3) is 0 Å². The van der Waals surface area contributed by atoms with Gasteiger partial charge in [0.05, 0.1) is 0 Å². The lowest BCUT2D eigenvalue weighted by Crippen LogP contribution is -2.20. The smallest absolute Gasteiger partial charge is 0.0234 e. The molecule has 0 amide bonds. The van der Waals surface area contributed by atoms with Crippen molar-refractivity contribution in [2.75, 3.05) is 20.1 Å². The zero-order valence-corrected chi connectivity index (χ0v) is 12.8. The predicted molar refractivity (Wildman–Crippen MR) is 88.3 cm³/mol. The number of rotatable bonds is 5. The van der Waals surface area contributed by atoms with Gasteiger partial charge in [0.1, 0.15) is 0 Å². The Bertz CT molecular complexity index is 565. The van der Waals surface area contributed by atoms with Gasteiger partial charge in [-0.15, -0.1) is 0 Å². The Balaban J connectivity index is 1.61. The zero-order valence-electron chi connectivity index (χ0n) is 12.8. The van der Waals surface area contributed by atoms with Crippen molar-refractivity contribution in [2.45, 2.75) is 25.4 Å². The number of benzene rings is 2. The molecule has 2 heteroatoms. The molecule has 1 saturated heterocycles. The molecule has 2 nitrogen and oxygen atoms in total. The Kier molecular flexibility index (Phi) is 4.69. The summed E-state index contributed by atoms with van der Waals surface area (Å²) in [5.41, 5.74) is 4.29. The van der Waals surface area contributed by atoms with Gasteiger partial charge in [-0.05, 0) is 42.6 Å². The van der Waals surface area contributed by atoms with Crippen LogP contribution in [0.2, 0.25) is 0 Å². The molecule has 0 bridgehead atoms. The summed E-state index contributed by atoms with van der Waals surface area (Å²) in [4.78, 5) is 2.58. The minimum Gasteiger partial charge on any atom is -0.316 e. The van der Waals surface area contributed by atoms with E-state index >= 15 is 0 Å². The summed E-state index contributed by atoms with van der Waals surface area (Å²) in [6, 6.07) is 19.9. The van der Waals surface area contributed by atoms with Crippen molar-refractivity contribution >= 4 is 0 Å². The number of nitrogens with one attached hydrogen (secondary N) is 1. The van der Waals surface area contributed by atoms with E-state index in [0.29, 0.717) is 5.92 Å². The molecule has 1 atom stereocenters. The number of likely N-dealkylation sites (tertiary alicyclic amines) is 1. The first-order valence-corrected chi connectivity index (χ1v) is 7.85. The fraction of sp³-hybridized carbons (Fsp3) is 0.368. The maximum Gasteiger partial charge on any atom is 0.0234 e. The SMILES string of the molecule is CNCc1cccc(CN2CCC(c3ccccc3)C2)c1. The summed E-state index contributed by atoms with van der Waals surface area (Å²) in [5.74, 6) is 0.701. The van der Waals surface area contributed by atoms with Gasteiger partial charge in [-0.2, -0.15) is 0 Å². The largest absolute Gasteiger partial charge is 0.316 e. The van der Waals surface area contributed by atoms with E-state index in [1.807, 2.05) is 7.05 Å². The molecule has 1 aliphatic rings. The quantitative estimate of drug-likeness (QED) is 0.903. The van der Waals surface area contributed by atoms with Crippen molar-refractivity contribution in [2.24, 2.45) is 0 Å². The first-order chi connectivity index (χ1) is 10.3. The molecular weight excluding hydrogens is 256 g/mol. The molecule has 0 aliphatic carbocycles. The molecule has 2 aromatic rings.